The number of aromatic nitrogens is 3. The molecule has 0 saturated carbocycles. The summed E-state index contributed by atoms with van der Waals surface area (Å²) in [4.78, 5) is 23.9. The highest BCUT2D eigenvalue weighted by molar-refractivity contribution is 7.22. The minimum atomic E-state index is -0.0954. The lowest BCUT2D eigenvalue weighted by molar-refractivity contribution is -0.120. The van der Waals surface area contributed by atoms with Crippen LogP contribution in [0.2, 0.25) is 0 Å². The number of benzene rings is 2. The van der Waals surface area contributed by atoms with Crippen molar-refractivity contribution >= 4 is 45.0 Å². The number of anilines is 1. The van der Waals surface area contributed by atoms with Crippen molar-refractivity contribution in [1.29, 1.82) is 0 Å². The van der Waals surface area contributed by atoms with Crippen molar-refractivity contribution < 1.29 is 9.53 Å². The van der Waals surface area contributed by atoms with Gasteiger partial charge in [0.1, 0.15) is 5.75 Å². The average Bonchev–Trinajstić information content (AvgIpc) is 3.45. The molecule has 2 aromatic carbocycles. The lowest BCUT2D eigenvalue weighted by Gasteiger charge is -2.20. The number of imidazole rings is 1. The summed E-state index contributed by atoms with van der Waals surface area (Å²) >= 11 is 1.56. The van der Waals surface area contributed by atoms with Gasteiger partial charge in [-0.1, -0.05) is 43.4 Å². The molecule has 0 aliphatic carbocycles. The first-order chi connectivity index (χ1) is 15.9. The largest absolute Gasteiger partial charge is 0.484 e. The molecule has 2 aromatic heterocycles. The van der Waals surface area contributed by atoms with Gasteiger partial charge in [0.15, 0.2) is 11.7 Å². The molecule has 8 heteroatoms. The number of fused-ring (bicyclic) bond motifs is 1. The summed E-state index contributed by atoms with van der Waals surface area (Å²) in [6, 6.07) is 12.2. The molecule has 6 nitrogen and oxygen atoms in total. The summed E-state index contributed by atoms with van der Waals surface area (Å²) < 4.78 is 8.98. The van der Waals surface area contributed by atoms with Crippen LogP contribution >= 0.6 is 23.7 Å². The van der Waals surface area contributed by atoms with E-state index in [0.717, 1.165) is 23.2 Å². The summed E-state index contributed by atoms with van der Waals surface area (Å²) in [5.74, 6) is 1.06. The minimum Gasteiger partial charge on any atom is -0.484 e. The number of aryl methyl sites for hydroxylation is 3. The molecule has 0 bridgehead atoms. The SMILES string of the molecule is Cc1cc(C)c2sc(N(CCCn3ccnc3)C(=O)COc3ccc(C(C)C)cc3)nc2c1.Cl. The molecule has 0 fully saturated rings. The van der Waals surface area contributed by atoms with Crippen LogP contribution < -0.4 is 9.64 Å². The van der Waals surface area contributed by atoms with Crippen LogP contribution in [-0.4, -0.2) is 33.6 Å². The van der Waals surface area contributed by atoms with Crippen LogP contribution in [0.5, 0.6) is 5.75 Å². The van der Waals surface area contributed by atoms with Crippen LogP contribution in [0.1, 0.15) is 42.9 Å². The Morgan fingerprint density at radius 2 is 1.94 bits per heavy atom. The summed E-state index contributed by atoms with van der Waals surface area (Å²) in [7, 11) is 0. The van der Waals surface area contributed by atoms with Crippen molar-refractivity contribution in [2.24, 2.45) is 0 Å². The smallest absolute Gasteiger partial charge is 0.266 e. The Labute approximate surface area is 211 Å². The summed E-state index contributed by atoms with van der Waals surface area (Å²) in [6.45, 7) is 9.78. The van der Waals surface area contributed by atoms with Crippen molar-refractivity contribution in [3.63, 3.8) is 0 Å². The third-order valence-electron chi connectivity index (χ3n) is 5.61. The van der Waals surface area contributed by atoms with E-state index in [4.69, 9.17) is 9.72 Å². The Morgan fingerprint density at radius 3 is 2.62 bits per heavy atom. The third-order valence-corrected chi connectivity index (χ3v) is 6.84. The van der Waals surface area contributed by atoms with Crippen molar-refractivity contribution in [3.8, 4) is 5.75 Å². The maximum Gasteiger partial charge on any atom is 0.266 e. The maximum absolute atomic E-state index is 13.3. The molecule has 0 spiro atoms. The van der Waals surface area contributed by atoms with E-state index in [9.17, 15) is 4.79 Å². The molecular formula is C26H31ClN4O2S. The highest BCUT2D eigenvalue weighted by atomic mass is 35.5. The van der Waals surface area contributed by atoms with Gasteiger partial charge in [0.25, 0.3) is 5.91 Å². The first-order valence-electron chi connectivity index (χ1n) is 11.3. The number of ether oxygens (including phenoxy) is 1. The Balaban J connectivity index is 0.00000324. The fourth-order valence-corrected chi connectivity index (χ4v) is 4.87. The molecular weight excluding hydrogens is 468 g/mol. The third kappa shape index (κ3) is 6.15. The van der Waals surface area contributed by atoms with Gasteiger partial charge < -0.3 is 9.30 Å². The van der Waals surface area contributed by atoms with E-state index in [0.29, 0.717) is 23.3 Å². The summed E-state index contributed by atoms with van der Waals surface area (Å²) in [6.07, 6.45) is 6.28. The minimum absolute atomic E-state index is 0. The predicted octanol–water partition coefficient (Wildman–Crippen LogP) is 6.16. The molecule has 0 atom stereocenters. The van der Waals surface area contributed by atoms with Gasteiger partial charge in [-0.15, -0.1) is 12.4 Å². The van der Waals surface area contributed by atoms with E-state index in [1.165, 1.54) is 16.7 Å². The molecule has 0 aliphatic rings. The fraction of sp³-hybridized carbons (Fsp3) is 0.346. The van der Waals surface area contributed by atoms with Crippen molar-refractivity contribution in [2.75, 3.05) is 18.1 Å². The van der Waals surface area contributed by atoms with Gasteiger partial charge in [0.05, 0.1) is 16.5 Å². The Bertz CT molecular complexity index is 1220. The van der Waals surface area contributed by atoms with Crippen LogP contribution in [0, 0.1) is 13.8 Å². The Kier molecular flexibility index (Phi) is 8.69. The van der Waals surface area contributed by atoms with Gasteiger partial charge in [-0.3, -0.25) is 9.69 Å². The summed E-state index contributed by atoms with van der Waals surface area (Å²) in [5.41, 5.74) is 4.53. The first-order valence-corrected chi connectivity index (χ1v) is 12.1. The average molecular weight is 499 g/mol. The van der Waals surface area contributed by atoms with E-state index < -0.39 is 0 Å². The Hall–Kier alpha value is -2.90. The molecule has 34 heavy (non-hydrogen) atoms. The van der Waals surface area contributed by atoms with E-state index in [1.807, 2.05) is 35.0 Å². The predicted molar refractivity (Wildman–Crippen MR) is 142 cm³/mol. The first kappa shape index (κ1) is 25.7. The second kappa shape index (κ2) is 11.5. The zero-order valence-electron chi connectivity index (χ0n) is 20.0. The van der Waals surface area contributed by atoms with Crippen LogP contribution in [0.3, 0.4) is 0 Å². The number of nitrogens with zero attached hydrogens (tertiary/aromatic N) is 4. The van der Waals surface area contributed by atoms with Crippen LogP contribution in [0.4, 0.5) is 5.13 Å². The van der Waals surface area contributed by atoms with E-state index in [1.54, 1.807) is 28.8 Å². The number of rotatable bonds is 9. The fourth-order valence-electron chi connectivity index (χ4n) is 3.81. The van der Waals surface area contributed by atoms with E-state index >= 15 is 0 Å². The highest BCUT2D eigenvalue weighted by Gasteiger charge is 2.21. The number of carbonyl (C=O) groups excluding carboxylic acids is 1. The summed E-state index contributed by atoms with van der Waals surface area (Å²) in [5, 5.41) is 0.716. The molecule has 0 N–H and O–H groups in total. The quantitative estimate of drug-likeness (QED) is 0.277. The van der Waals surface area contributed by atoms with Gasteiger partial charge in [0.2, 0.25) is 0 Å². The van der Waals surface area contributed by atoms with Gasteiger partial charge in [0, 0.05) is 25.5 Å². The standard InChI is InChI=1S/C26H30N4O2S.ClH/c1-18(2)21-6-8-22(9-7-21)32-16-24(31)30(12-5-11-29-13-10-27-17-29)26-28-23-15-19(3)14-20(4)25(23)33-26;/h6-10,13-15,17-18H,5,11-12,16H2,1-4H3;1H. The van der Waals surface area contributed by atoms with E-state index in [2.05, 4.69) is 44.8 Å². The number of amides is 1. The highest BCUT2D eigenvalue weighted by Crippen LogP contribution is 2.32. The topological polar surface area (TPSA) is 60.2 Å². The van der Waals surface area contributed by atoms with Crippen molar-refractivity contribution in [2.45, 2.75) is 46.6 Å². The van der Waals surface area contributed by atoms with Crippen LogP contribution in [0.25, 0.3) is 10.2 Å². The molecule has 0 saturated heterocycles. The number of halogens is 1. The maximum atomic E-state index is 13.3. The van der Waals surface area contributed by atoms with Gasteiger partial charge in [-0.25, -0.2) is 9.97 Å². The molecule has 180 valence electrons. The lowest BCUT2D eigenvalue weighted by atomic mass is 10.0. The molecule has 4 rings (SSSR count). The van der Waals surface area contributed by atoms with Crippen molar-refractivity contribution in [3.05, 3.63) is 71.8 Å². The van der Waals surface area contributed by atoms with Gasteiger partial charge in [-0.2, -0.15) is 0 Å². The monoisotopic (exact) mass is 498 g/mol. The number of hydrogen-bond donors (Lipinski definition) is 0. The normalized spacial score (nSPS) is 11.0. The number of hydrogen-bond acceptors (Lipinski definition) is 5. The van der Waals surface area contributed by atoms with Crippen LogP contribution in [-0.2, 0) is 11.3 Å². The van der Waals surface area contributed by atoms with Gasteiger partial charge in [-0.05, 0) is 61.1 Å². The zero-order chi connectivity index (χ0) is 23.4. The van der Waals surface area contributed by atoms with Gasteiger partial charge >= 0.3 is 0 Å². The second-order valence-electron chi connectivity index (χ2n) is 8.64. The van der Waals surface area contributed by atoms with Crippen LogP contribution in [0.15, 0.2) is 55.1 Å². The molecule has 0 unspecified atom stereocenters. The Morgan fingerprint density at radius 1 is 1.18 bits per heavy atom. The lowest BCUT2D eigenvalue weighted by Crippen LogP contribution is -2.36. The zero-order valence-corrected chi connectivity index (χ0v) is 21.7. The molecule has 2 heterocycles. The van der Waals surface area contributed by atoms with E-state index in [-0.39, 0.29) is 24.9 Å². The molecule has 4 aromatic rings. The number of carbonyl (C=O) groups is 1. The van der Waals surface area contributed by atoms with Crippen molar-refractivity contribution in [1.82, 2.24) is 14.5 Å². The molecule has 1 amide bonds. The molecule has 0 radical (unpaired) electrons. The number of thiazole rings is 1. The second-order valence-corrected chi connectivity index (χ2v) is 9.62. The molecule has 0 aliphatic heterocycles.